The zero-order valence-electron chi connectivity index (χ0n) is 10.3. The first-order valence-corrected chi connectivity index (χ1v) is 6.48. The molecule has 0 unspecified atom stereocenters. The summed E-state index contributed by atoms with van der Waals surface area (Å²) in [6, 6.07) is 7.70. The molecule has 1 N–H and O–H groups in total. The van der Waals surface area contributed by atoms with Crippen molar-refractivity contribution >= 4 is 22.0 Å². The molecule has 2 rings (SSSR count). The van der Waals surface area contributed by atoms with E-state index in [1.54, 1.807) is 6.07 Å². The number of nitrogens with zero attached hydrogens (tertiary/aromatic N) is 1. The van der Waals surface area contributed by atoms with Gasteiger partial charge in [0.1, 0.15) is 0 Å². The summed E-state index contributed by atoms with van der Waals surface area (Å²) in [5, 5.41) is 15.9. The lowest BCUT2D eigenvalue weighted by Crippen LogP contribution is -2.00. The molecule has 1 heterocycles. The number of anilines is 1. The van der Waals surface area contributed by atoms with Gasteiger partial charge in [0.25, 0.3) is 0 Å². The number of aryl methyl sites for hydroxylation is 1. The molecule has 1 aromatic carbocycles. The number of benzene rings is 1. The molecule has 0 amide bonds. The Morgan fingerprint density at radius 2 is 2.17 bits per heavy atom. The Morgan fingerprint density at radius 1 is 1.39 bits per heavy atom. The first-order chi connectivity index (χ1) is 8.58. The first kappa shape index (κ1) is 12.6. The molecule has 0 aliphatic carbocycles. The van der Waals surface area contributed by atoms with Crippen LogP contribution in [0.1, 0.15) is 16.7 Å². The Morgan fingerprint density at radius 3 is 2.83 bits per heavy atom. The minimum Gasteiger partial charge on any atom is -0.381 e. The van der Waals surface area contributed by atoms with Crippen LogP contribution in [0.2, 0.25) is 0 Å². The van der Waals surface area contributed by atoms with E-state index in [1.165, 1.54) is 11.1 Å². The molecule has 5 heteroatoms. The van der Waals surface area contributed by atoms with Crippen molar-refractivity contribution in [3.63, 3.8) is 0 Å². The van der Waals surface area contributed by atoms with Crippen molar-refractivity contribution in [2.45, 2.75) is 20.4 Å². The van der Waals surface area contributed by atoms with E-state index in [0.717, 1.165) is 22.6 Å². The van der Waals surface area contributed by atoms with E-state index in [1.807, 2.05) is 17.5 Å². The fraction of sp³-hybridized carbons (Fsp3) is 0.231. The Bertz CT molecular complexity index is 578. The molecule has 0 radical (unpaired) electrons. The summed E-state index contributed by atoms with van der Waals surface area (Å²) in [5.74, 6) is 0. The molecular formula is C13H14N2O2S. The zero-order chi connectivity index (χ0) is 13.1. The monoisotopic (exact) mass is 262 g/mol. The Kier molecular flexibility index (Phi) is 3.62. The topological polar surface area (TPSA) is 55.2 Å². The van der Waals surface area contributed by atoms with Crippen LogP contribution in [-0.2, 0) is 6.54 Å². The Labute approximate surface area is 109 Å². The third-order valence-electron chi connectivity index (χ3n) is 2.91. The summed E-state index contributed by atoms with van der Waals surface area (Å²) in [5.41, 5.74) is 4.45. The Hall–Kier alpha value is -1.88. The number of hydrogen-bond donors (Lipinski definition) is 1. The third kappa shape index (κ3) is 2.68. The van der Waals surface area contributed by atoms with Crippen LogP contribution in [0.25, 0.3) is 0 Å². The van der Waals surface area contributed by atoms with Crippen molar-refractivity contribution in [1.82, 2.24) is 0 Å². The van der Waals surface area contributed by atoms with Gasteiger partial charge in [-0.25, -0.2) is 0 Å². The normalized spacial score (nSPS) is 10.3. The molecule has 0 fully saturated rings. The van der Waals surface area contributed by atoms with Gasteiger partial charge in [-0.3, -0.25) is 10.1 Å². The average Bonchev–Trinajstić information content (AvgIpc) is 2.80. The van der Waals surface area contributed by atoms with Crippen LogP contribution in [0.15, 0.2) is 29.6 Å². The van der Waals surface area contributed by atoms with Gasteiger partial charge in [0.15, 0.2) is 0 Å². The second-order valence-corrected chi connectivity index (χ2v) is 5.04. The van der Waals surface area contributed by atoms with Crippen molar-refractivity contribution < 1.29 is 4.92 Å². The fourth-order valence-electron chi connectivity index (χ4n) is 1.69. The Balaban J connectivity index is 2.07. The molecular weight excluding hydrogens is 248 g/mol. The third-order valence-corrected chi connectivity index (χ3v) is 3.84. The number of hydrogen-bond acceptors (Lipinski definition) is 4. The standard InChI is InChI=1S/C13H14N2O2S/c1-9-4-3-5-12(10(9)2)14-7-11-6-13(15(16)17)18-8-11/h3-6,8,14H,7H2,1-2H3. The van der Waals surface area contributed by atoms with Gasteiger partial charge < -0.3 is 5.32 Å². The van der Waals surface area contributed by atoms with Crippen LogP contribution in [-0.4, -0.2) is 4.92 Å². The van der Waals surface area contributed by atoms with Gasteiger partial charge in [-0.2, -0.15) is 0 Å². The predicted octanol–water partition coefficient (Wildman–Crippen LogP) is 3.89. The van der Waals surface area contributed by atoms with Crippen LogP contribution >= 0.6 is 11.3 Å². The van der Waals surface area contributed by atoms with Crippen LogP contribution in [0.5, 0.6) is 0 Å². The molecule has 0 atom stereocenters. The molecule has 4 nitrogen and oxygen atoms in total. The van der Waals surface area contributed by atoms with Crippen LogP contribution in [0.4, 0.5) is 10.7 Å². The SMILES string of the molecule is Cc1cccc(NCc2csc([N+](=O)[O-])c2)c1C. The maximum atomic E-state index is 10.6. The summed E-state index contributed by atoms with van der Waals surface area (Å²) in [6.45, 7) is 4.73. The van der Waals surface area contributed by atoms with Crippen LogP contribution in [0.3, 0.4) is 0 Å². The largest absolute Gasteiger partial charge is 0.381 e. The molecule has 0 bridgehead atoms. The smallest absolute Gasteiger partial charge is 0.324 e. The van der Waals surface area contributed by atoms with E-state index < -0.39 is 0 Å². The van der Waals surface area contributed by atoms with Crippen molar-refractivity contribution in [3.8, 4) is 0 Å². The molecule has 0 aliphatic rings. The van der Waals surface area contributed by atoms with E-state index >= 15 is 0 Å². The maximum Gasteiger partial charge on any atom is 0.324 e. The van der Waals surface area contributed by atoms with E-state index in [9.17, 15) is 10.1 Å². The quantitative estimate of drug-likeness (QED) is 0.672. The number of nitro groups is 1. The molecule has 18 heavy (non-hydrogen) atoms. The van der Waals surface area contributed by atoms with E-state index in [-0.39, 0.29) is 9.92 Å². The molecule has 94 valence electrons. The maximum absolute atomic E-state index is 10.6. The molecule has 2 aromatic rings. The highest BCUT2D eigenvalue weighted by Crippen LogP contribution is 2.24. The molecule has 1 aromatic heterocycles. The fourth-order valence-corrected chi connectivity index (χ4v) is 2.42. The second kappa shape index (κ2) is 5.18. The molecule has 0 aliphatic heterocycles. The second-order valence-electron chi connectivity index (χ2n) is 4.15. The van der Waals surface area contributed by atoms with Gasteiger partial charge >= 0.3 is 5.00 Å². The lowest BCUT2D eigenvalue weighted by atomic mass is 10.1. The summed E-state index contributed by atoms with van der Waals surface area (Å²) in [7, 11) is 0. The molecule has 0 spiro atoms. The highest BCUT2D eigenvalue weighted by Gasteiger charge is 2.09. The van der Waals surface area contributed by atoms with E-state index in [0.29, 0.717) is 6.54 Å². The predicted molar refractivity (Wildman–Crippen MR) is 74.2 cm³/mol. The highest BCUT2D eigenvalue weighted by atomic mass is 32.1. The molecule has 0 saturated carbocycles. The lowest BCUT2D eigenvalue weighted by molar-refractivity contribution is -0.380. The first-order valence-electron chi connectivity index (χ1n) is 5.60. The molecule has 0 saturated heterocycles. The van der Waals surface area contributed by atoms with Gasteiger partial charge in [0.2, 0.25) is 0 Å². The summed E-state index contributed by atoms with van der Waals surface area (Å²) >= 11 is 1.16. The number of nitrogens with one attached hydrogen (secondary N) is 1. The summed E-state index contributed by atoms with van der Waals surface area (Å²) < 4.78 is 0. The van der Waals surface area contributed by atoms with Crippen molar-refractivity contribution in [3.05, 3.63) is 56.5 Å². The summed E-state index contributed by atoms with van der Waals surface area (Å²) in [4.78, 5) is 10.2. The van der Waals surface area contributed by atoms with Gasteiger partial charge in [0, 0.05) is 23.7 Å². The van der Waals surface area contributed by atoms with Crippen LogP contribution < -0.4 is 5.32 Å². The van der Waals surface area contributed by atoms with Crippen molar-refractivity contribution in [2.24, 2.45) is 0 Å². The van der Waals surface area contributed by atoms with Gasteiger partial charge in [0.05, 0.1) is 4.92 Å². The van der Waals surface area contributed by atoms with Gasteiger partial charge in [-0.1, -0.05) is 23.5 Å². The summed E-state index contributed by atoms with van der Waals surface area (Å²) in [6.07, 6.45) is 0. The zero-order valence-corrected chi connectivity index (χ0v) is 11.1. The van der Waals surface area contributed by atoms with Crippen LogP contribution in [0, 0.1) is 24.0 Å². The minimum absolute atomic E-state index is 0.188. The number of rotatable bonds is 4. The number of thiophene rings is 1. The van der Waals surface area contributed by atoms with Gasteiger partial charge in [-0.05, 0) is 36.6 Å². The average molecular weight is 262 g/mol. The lowest BCUT2D eigenvalue weighted by Gasteiger charge is -2.10. The van der Waals surface area contributed by atoms with E-state index in [2.05, 4.69) is 25.2 Å². The highest BCUT2D eigenvalue weighted by molar-refractivity contribution is 7.13. The van der Waals surface area contributed by atoms with Crippen molar-refractivity contribution in [2.75, 3.05) is 5.32 Å². The minimum atomic E-state index is -0.355. The van der Waals surface area contributed by atoms with E-state index in [4.69, 9.17) is 0 Å². The van der Waals surface area contributed by atoms with Crippen molar-refractivity contribution in [1.29, 1.82) is 0 Å². The van der Waals surface area contributed by atoms with Gasteiger partial charge in [-0.15, -0.1) is 0 Å².